The van der Waals surface area contributed by atoms with E-state index in [0.29, 0.717) is 12.8 Å². The van der Waals surface area contributed by atoms with Gasteiger partial charge in [0.25, 0.3) is 11.5 Å². The number of carbonyl (C=O) groups is 1. The Balaban J connectivity index is 2.19. The van der Waals surface area contributed by atoms with Gasteiger partial charge < -0.3 is 10.2 Å². The second-order valence-corrected chi connectivity index (χ2v) is 5.86. The second kappa shape index (κ2) is 6.59. The highest BCUT2D eigenvalue weighted by Gasteiger charge is 2.46. The predicted octanol–water partition coefficient (Wildman–Crippen LogP) is 1.69. The normalized spacial score (nSPS) is 21.8. The first-order valence-electron chi connectivity index (χ1n) is 7.34. The SMILES string of the molecule is CN(C)c1nc(C(=O)N[C@H]2CCCC[C@@H]2C(F)(F)F)cc(=O)[nH]1. The van der Waals surface area contributed by atoms with Crippen LogP contribution in [0.15, 0.2) is 10.9 Å². The van der Waals surface area contributed by atoms with E-state index in [9.17, 15) is 22.8 Å². The quantitative estimate of drug-likeness (QED) is 0.883. The minimum absolute atomic E-state index is 0.000194. The van der Waals surface area contributed by atoms with Crippen molar-refractivity contribution < 1.29 is 18.0 Å². The van der Waals surface area contributed by atoms with Crippen LogP contribution in [-0.4, -0.2) is 42.2 Å². The van der Waals surface area contributed by atoms with Gasteiger partial charge in [-0.3, -0.25) is 14.6 Å². The molecule has 128 valence electrons. The van der Waals surface area contributed by atoms with Crippen LogP contribution in [0, 0.1) is 5.92 Å². The Morgan fingerprint density at radius 1 is 1.35 bits per heavy atom. The Kier molecular flexibility index (Phi) is 4.96. The molecule has 6 nitrogen and oxygen atoms in total. The van der Waals surface area contributed by atoms with Crippen molar-refractivity contribution in [1.82, 2.24) is 15.3 Å². The number of nitrogens with one attached hydrogen (secondary N) is 2. The number of nitrogens with zero attached hydrogens (tertiary/aromatic N) is 2. The summed E-state index contributed by atoms with van der Waals surface area (Å²) >= 11 is 0. The van der Waals surface area contributed by atoms with Gasteiger partial charge in [0.1, 0.15) is 5.69 Å². The van der Waals surface area contributed by atoms with Crippen LogP contribution in [0.4, 0.5) is 19.1 Å². The maximum atomic E-state index is 13.0. The lowest BCUT2D eigenvalue weighted by molar-refractivity contribution is -0.187. The first-order valence-corrected chi connectivity index (χ1v) is 7.34. The first kappa shape index (κ1) is 17.3. The summed E-state index contributed by atoms with van der Waals surface area (Å²) in [7, 11) is 3.25. The molecular weight excluding hydrogens is 313 g/mol. The van der Waals surface area contributed by atoms with E-state index in [0.717, 1.165) is 6.07 Å². The average Bonchev–Trinajstić information content (AvgIpc) is 2.46. The average molecular weight is 332 g/mol. The predicted molar refractivity (Wildman–Crippen MR) is 78.5 cm³/mol. The molecule has 0 aliphatic heterocycles. The molecule has 1 amide bonds. The van der Waals surface area contributed by atoms with Crippen LogP contribution in [0.3, 0.4) is 0 Å². The van der Waals surface area contributed by atoms with Crippen molar-refractivity contribution in [3.05, 3.63) is 22.1 Å². The van der Waals surface area contributed by atoms with Gasteiger partial charge in [0.2, 0.25) is 5.95 Å². The highest BCUT2D eigenvalue weighted by molar-refractivity contribution is 5.92. The Labute approximate surface area is 131 Å². The highest BCUT2D eigenvalue weighted by Crippen LogP contribution is 2.37. The lowest BCUT2D eigenvalue weighted by Gasteiger charge is -2.33. The van der Waals surface area contributed by atoms with Crippen LogP contribution in [0.2, 0.25) is 0 Å². The third-order valence-corrected chi connectivity index (χ3v) is 3.89. The Morgan fingerprint density at radius 2 is 2.00 bits per heavy atom. The molecule has 2 rings (SSSR count). The largest absolute Gasteiger partial charge is 0.393 e. The Bertz CT molecular complexity index is 627. The van der Waals surface area contributed by atoms with Gasteiger partial charge in [0, 0.05) is 26.2 Å². The maximum absolute atomic E-state index is 13.0. The fourth-order valence-corrected chi connectivity index (χ4v) is 2.71. The molecule has 23 heavy (non-hydrogen) atoms. The lowest BCUT2D eigenvalue weighted by Crippen LogP contribution is -2.48. The number of hydrogen-bond acceptors (Lipinski definition) is 4. The molecule has 1 fully saturated rings. The van der Waals surface area contributed by atoms with Gasteiger partial charge in [-0.2, -0.15) is 13.2 Å². The molecule has 1 saturated carbocycles. The number of aromatic nitrogens is 2. The monoisotopic (exact) mass is 332 g/mol. The number of hydrogen-bond donors (Lipinski definition) is 2. The first-order chi connectivity index (χ1) is 10.7. The smallest absolute Gasteiger partial charge is 0.348 e. The van der Waals surface area contributed by atoms with Gasteiger partial charge in [-0.25, -0.2) is 4.98 Å². The number of carbonyl (C=O) groups excluding carboxylic acids is 1. The number of H-pyrrole nitrogens is 1. The van der Waals surface area contributed by atoms with Gasteiger partial charge in [-0.15, -0.1) is 0 Å². The summed E-state index contributed by atoms with van der Waals surface area (Å²) in [4.78, 5) is 31.7. The molecule has 0 spiro atoms. The lowest BCUT2D eigenvalue weighted by atomic mass is 9.84. The Morgan fingerprint density at radius 3 is 2.61 bits per heavy atom. The minimum Gasteiger partial charge on any atom is -0.348 e. The molecular formula is C14H19F3N4O2. The summed E-state index contributed by atoms with van der Waals surface area (Å²) in [6.45, 7) is 0. The van der Waals surface area contributed by atoms with Crippen LogP contribution in [0.25, 0.3) is 0 Å². The Hall–Kier alpha value is -2.06. The molecule has 9 heteroatoms. The fourth-order valence-electron chi connectivity index (χ4n) is 2.71. The van der Waals surface area contributed by atoms with Crippen molar-refractivity contribution >= 4 is 11.9 Å². The van der Waals surface area contributed by atoms with Crippen molar-refractivity contribution in [1.29, 1.82) is 0 Å². The van der Waals surface area contributed by atoms with Crippen LogP contribution < -0.4 is 15.8 Å². The fraction of sp³-hybridized carbons (Fsp3) is 0.643. The molecule has 1 aliphatic rings. The van der Waals surface area contributed by atoms with Crippen LogP contribution in [0.1, 0.15) is 36.2 Å². The van der Waals surface area contributed by atoms with Crippen molar-refractivity contribution in [3.8, 4) is 0 Å². The minimum atomic E-state index is -4.35. The van der Waals surface area contributed by atoms with E-state index >= 15 is 0 Å². The van der Waals surface area contributed by atoms with E-state index in [4.69, 9.17) is 0 Å². The highest BCUT2D eigenvalue weighted by atomic mass is 19.4. The molecule has 2 N–H and O–H groups in total. The molecule has 1 aliphatic carbocycles. The number of rotatable bonds is 3. The van der Waals surface area contributed by atoms with Crippen molar-refractivity contribution in [3.63, 3.8) is 0 Å². The second-order valence-electron chi connectivity index (χ2n) is 5.86. The molecule has 1 heterocycles. The zero-order valence-corrected chi connectivity index (χ0v) is 12.9. The summed E-state index contributed by atoms with van der Waals surface area (Å²) in [5.74, 6) is -2.16. The summed E-state index contributed by atoms with van der Waals surface area (Å²) in [5.41, 5.74) is -0.728. The summed E-state index contributed by atoms with van der Waals surface area (Å²) < 4.78 is 39.1. The van der Waals surface area contributed by atoms with Crippen LogP contribution in [0.5, 0.6) is 0 Å². The van der Waals surface area contributed by atoms with E-state index < -0.39 is 29.6 Å². The van der Waals surface area contributed by atoms with Crippen molar-refractivity contribution in [2.45, 2.75) is 37.9 Å². The van der Waals surface area contributed by atoms with Gasteiger partial charge in [-0.1, -0.05) is 12.8 Å². The van der Waals surface area contributed by atoms with Crippen LogP contribution >= 0.6 is 0 Å². The summed E-state index contributed by atoms with van der Waals surface area (Å²) in [6, 6.07) is -0.00606. The molecule has 0 aromatic carbocycles. The van der Waals surface area contributed by atoms with E-state index in [2.05, 4.69) is 15.3 Å². The summed E-state index contributed by atoms with van der Waals surface area (Å²) in [5, 5.41) is 2.39. The number of aromatic amines is 1. The molecule has 2 atom stereocenters. The standard InChI is InChI=1S/C14H19F3N4O2/c1-21(2)13-19-10(7-11(22)20-13)12(23)18-9-6-4-3-5-8(9)14(15,16)17/h7-9H,3-6H2,1-2H3,(H,18,23)(H,19,20,22)/t8-,9-/m0/s1. The topological polar surface area (TPSA) is 78.1 Å². The van der Waals surface area contributed by atoms with E-state index in [1.807, 2.05) is 0 Å². The van der Waals surface area contributed by atoms with Crippen molar-refractivity contribution in [2.24, 2.45) is 5.92 Å². The molecule has 0 saturated heterocycles. The van der Waals surface area contributed by atoms with E-state index in [1.165, 1.54) is 4.90 Å². The van der Waals surface area contributed by atoms with Gasteiger partial charge in [0.05, 0.1) is 5.92 Å². The zero-order chi connectivity index (χ0) is 17.2. The summed E-state index contributed by atoms with van der Waals surface area (Å²) in [6.07, 6.45) is -2.97. The molecule has 1 aromatic rings. The third kappa shape index (κ3) is 4.23. The maximum Gasteiger partial charge on any atom is 0.393 e. The van der Waals surface area contributed by atoms with E-state index in [1.54, 1.807) is 14.1 Å². The molecule has 0 radical (unpaired) electrons. The van der Waals surface area contributed by atoms with Crippen molar-refractivity contribution in [2.75, 3.05) is 19.0 Å². The number of halogens is 3. The van der Waals surface area contributed by atoms with Gasteiger partial charge in [-0.05, 0) is 12.8 Å². The zero-order valence-electron chi connectivity index (χ0n) is 12.9. The number of anilines is 1. The number of alkyl halides is 3. The number of amides is 1. The molecule has 1 aromatic heterocycles. The molecule has 0 bridgehead atoms. The van der Waals surface area contributed by atoms with Gasteiger partial charge >= 0.3 is 6.18 Å². The third-order valence-electron chi connectivity index (χ3n) is 3.89. The van der Waals surface area contributed by atoms with Gasteiger partial charge in [0.15, 0.2) is 0 Å². The molecule has 0 unspecified atom stereocenters. The van der Waals surface area contributed by atoms with E-state index in [-0.39, 0.29) is 24.5 Å². The van der Waals surface area contributed by atoms with Crippen LogP contribution in [-0.2, 0) is 0 Å².